The molecule has 170 valence electrons. The maximum atomic E-state index is 12.3. The van der Waals surface area contributed by atoms with Gasteiger partial charge in [-0.1, -0.05) is 42.5 Å². The van der Waals surface area contributed by atoms with Crippen LogP contribution in [0.15, 0.2) is 66.7 Å². The van der Waals surface area contributed by atoms with Crippen LogP contribution in [-0.4, -0.2) is 54.8 Å². The number of hydrogen-bond acceptors (Lipinski definition) is 4. The molecule has 1 unspecified atom stereocenters. The van der Waals surface area contributed by atoms with Crippen molar-refractivity contribution >= 4 is 27.7 Å². The molecule has 0 aliphatic carbocycles. The monoisotopic (exact) mass is 444 g/mol. The van der Waals surface area contributed by atoms with Crippen molar-refractivity contribution in [2.45, 2.75) is 19.4 Å². The first-order valence-corrected chi connectivity index (χ1v) is 11.4. The summed E-state index contributed by atoms with van der Waals surface area (Å²) < 4.78 is 17.8. The predicted octanol–water partition coefficient (Wildman–Crippen LogP) is 4.70. The number of nitrogens with one attached hydrogen (secondary N) is 1. The molecule has 1 saturated heterocycles. The number of amides is 1. The molecule has 33 heavy (non-hydrogen) atoms. The Hall–Kier alpha value is -3.51. The predicted molar refractivity (Wildman–Crippen MR) is 129 cm³/mol. The van der Waals surface area contributed by atoms with Gasteiger partial charge in [0.05, 0.1) is 24.8 Å². The van der Waals surface area contributed by atoms with Gasteiger partial charge in [-0.25, -0.2) is 0 Å². The number of ether oxygens (including phenoxy) is 3. The number of carbonyl (C=O) groups is 1. The second-order valence-electron chi connectivity index (χ2n) is 8.37. The minimum absolute atomic E-state index is 0.00381. The first-order valence-electron chi connectivity index (χ1n) is 11.4. The van der Waals surface area contributed by atoms with E-state index in [-0.39, 0.29) is 18.6 Å². The third kappa shape index (κ3) is 4.66. The summed E-state index contributed by atoms with van der Waals surface area (Å²) >= 11 is 0. The molecule has 1 amide bonds. The summed E-state index contributed by atoms with van der Waals surface area (Å²) in [7, 11) is 0. The van der Waals surface area contributed by atoms with Crippen molar-refractivity contribution in [3.8, 4) is 11.5 Å². The number of nitrogens with zero attached hydrogens (tertiary/aromatic N) is 1. The quantitative estimate of drug-likeness (QED) is 0.428. The zero-order chi connectivity index (χ0) is 22.6. The third-order valence-corrected chi connectivity index (χ3v) is 6.12. The molecule has 5 rings (SSSR count). The smallest absolute Gasteiger partial charge is 0.248 e. The van der Waals surface area contributed by atoms with Crippen LogP contribution in [0.5, 0.6) is 11.5 Å². The molecule has 1 atom stereocenters. The molecule has 1 aromatic heterocycles. The number of carbonyl (C=O) groups excluding carboxylic acids is 1. The van der Waals surface area contributed by atoms with Crippen LogP contribution in [0.2, 0.25) is 0 Å². The largest absolute Gasteiger partial charge is 0.493 e. The molecule has 2 heterocycles. The Labute approximate surface area is 193 Å². The number of benzene rings is 3. The summed E-state index contributed by atoms with van der Waals surface area (Å²) in [5, 5.41) is 2.25. The van der Waals surface area contributed by atoms with Crippen molar-refractivity contribution in [3.63, 3.8) is 0 Å². The molecule has 4 aromatic rings. The Balaban J connectivity index is 1.16. The highest BCUT2D eigenvalue weighted by Gasteiger charge is 2.26. The number of aryl methyl sites for hydroxylation is 1. The van der Waals surface area contributed by atoms with E-state index in [1.165, 1.54) is 0 Å². The Morgan fingerprint density at radius 2 is 1.70 bits per heavy atom. The Bertz CT molecular complexity index is 1270. The summed E-state index contributed by atoms with van der Waals surface area (Å²) in [5.41, 5.74) is 3.25. The summed E-state index contributed by atoms with van der Waals surface area (Å²) in [6, 6.07) is 22.2. The zero-order valence-corrected chi connectivity index (χ0v) is 18.8. The van der Waals surface area contributed by atoms with Gasteiger partial charge in [0.2, 0.25) is 5.91 Å². The van der Waals surface area contributed by atoms with Gasteiger partial charge in [-0.05, 0) is 36.8 Å². The maximum Gasteiger partial charge on any atom is 0.248 e. The number of morpholine rings is 1. The summed E-state index contributed by atoms with van der Waals surface area (Å²) in [5.74, 6) is 1.72. The molecule has 0 spiro atoms. The van der Waals surface area contributed by atoms with E-state index < -0.39 is 0 Å². The van der Waals surface area contributed by atoms with Crippen molar-refractivity contribution in [2.75, 3.05) is 32.9 Å². The highest BCUT2D eigenvalue weighted by atomic mass is 16.5. The lowest BCUT2D eigenvalue weighted by atomic mass is 10.1. The highest BCUT2D eigenvalue weighted by molar-refractivity contribution is 6.10. The lowest BCUT2D eigenvalue weighted by molar-refractivity contribution is -0.150. The number of aromatic nitrogens is 1. The molecule has 6 nitrogen and oxygen atoms in total. The molecule has 1 N–H and O–H groups in total. The summed E-state index contributed by atoms with van der Waals surface area (Å²) in [6.45, 7) is 4.20. The third-order valence-electron chi connectivity index (χ3n) is 6.12. The summed E-state index contributed by atoms with van der Waals surface area (Å²) in [4.78, 5) is 17.6. The fourth-order valence-electron chi connectivity index (χ4n) is 4.34. The number of aromatic amines is 1. The van der Waals surface area contributed by atoms with Crippen LogP contribution in [-0.2, 0) is 9.53 Å². The van der Waals surface area contributed by atoms with Crippen molar-refractivity contribution in [3.05, 3.63) is 72.3 Å². The second-order valence-corrected chi connectivity index (χ2v) is 8.37. The molecule has 3 aromatic carbocycles. The molecular weight excluding hydrogens is 416 g/mol. The molecule has 0 bridgehead atoms. The number of H-pyrrole nitrogens is 1. The average molecular weight is 445 g/mol. The van der Waals surface area contributed by atoms with Crippen molar-refractivity contribution in [1.29, 1.82) is 0 Å². The van der Waals surface area contributed by atoms with Crippen molar-refractivity contribution in [2.24, 2.45) is 0 Å². The van der Waals surface area contributed by atoms with Gasteiger partial charge in [0, 0.05) is 29.3 Å². The first-order chi connectivity index (χ1) is 16.2. The maximum absolute atomic E-state index is 12.3. The summed E-state index contributed by atoms with van der Waals surface area (Å²) in [6.07, 6.45) is 0.657. The van der Waals surface area contributed by atoms with E-state index in [0.717, 1.165) is 38.9 Å². The average Bonchev–Trinajstić information content (AvgIpc) is 3.22. The number of para-hydroxylation sites is 2. The fraction of sp³-hybridized carbons (Fsp3) is 0.296. The van der Waals surface area contributed by atoms with E-state index in [1.807, 2.05) is 60.4 Å². The second kappa shape index (κ2) is 9.55. The van der Waals surface area contributed by atoms with E-state index in [1.54, 1.807) is 0 Å². The van der Waals surface area contributed by atoms with Crippen molar-refractivity contribution in [1.82, 2.24) is 9.88 Å². The van der Waals surface area contributed by atoms with E-state index in [9.17, 15) is 4.79 Å². The van der Waals surface area contributed by atoms with E-state index in [2.05, 4.69) is 23.2 Å². The SMILES string of the molecule is Cc1ccccc1OCCN1CC(CCOc2cccc3[nH]c4ccccc4c23)OCC1=O. The van der Waals surface area contributed by atoms with E-state index >= 15 is 0 Å². The van der Waals surface area contributed by atoms with Crippen LogP contribution in [0, 0.1) is 6.92 Å². The normalized spacial score (nSPS) is 16.5. The van der Waals surface area contributed by atoms with Gasteiger partial charge in [-0.2, -0.15) is 0 Å². The minimum Gasteiger partial charge on any atom is -0.493 e. The van der Waals surface area contributed by atoms with Crippen molar-refractivity contribution < 1.29 is 19.0 Å². The lowest BCUT2D eigenvalue weighted by Crippen LogP contribution is -2.48. The van der Waals surface area contributed by atoms with Gasteiger partial charge in [0.1, 0.15) is 24.7 Å². The fourth-order valence-corrected chi connectivity index (χ4v) is 4.34. The first kappa shape index (κ1) is 21.3. The van der Waals surface area contributed by atoms with Gasteiger partial charge in [-0.3, -0.25) is 4.79 Å². The molecule has 0 saturated carbocycles. The molecular formula is C27H28N2O4. The van der Waals surface area contributed by atoms with Gasteiger partial charge in [0.25, 0.3) is 0 Å². The highest BCUT2D eigenvalue weighted by Crippen LogP contribution is 2.33. The molecule has 1 fully saturated rings. The number of fused-ring (bicyclic) bond motifs is 3. The molecule has 1 aliphatic heterocycles. The minimum atomic E-state index is -0.0525. The molecule has 6 heteroatoms. The van der Waals surface area contributed by atoms with Crippen LogP contribution < -0.4 is 9.47 Å². The van der Waals surface area contributed by atoms with Gasteiger partial charge >= 0.3 is 0 Å². The van der Waals surface area contributed by atoms with Crippen LogP contribution >= 0.6 is 0 Å². The Morgan fingerprint density at radius 1 is 0.939 bits per heavy atom. The van der Waals surface area contributed by atoms with Gasteiger partial charge in [-0.15, -0.1) is 0 Å². The topological polar surface area (TPSA) is 63.8 Å². The van der Waals surface area contributed by atoms with Crippen LogP contribution in [0.4, 0.5) is 0 Å². The molecule has 1 aliphatic rings. The van der Waals surface area contributed by atoms with Crippen LogP contribution in [0.1, 0.15) is 12.0 Å². The molecule has 0 radical (unpaired) electrons. The number of rotatable bonds is 8. The Kier molecular flexibility index (Phi) is 6.17. The number of hydrogen-bond donors (Lipinski definition) is 1. The van der Waals surface area contributed by atoms with Gasteiger partial charge < -0.3 is 24.1 Å². The van der Waals surface area contributed by atoms with Crippen LogP contribution in [0.25, 0.3) is 21.8 Å². The van der Waals surface area contributed by atoms with Crippen LogP contribution in [0.3, 0.4) is 0 Å². The Morgan fingerprint density at radius 3 is 2.61 bits per heavy atom. The lowest BCUT2D eigenvalue weighted by Gasteiger charge is -2.32. The van der Waals surface area contributed by atoms with Gasteiger partial charge in [0.15, 0.2) is 0 Å². The zero-order valence-electron chi connectivity index (χ0n) is 18.8. The standard InChI is InChI=1S/C27H28N2O4/c1-19-7-2-5-11-24(19)32-16-14-29-17-20(33-18-26(29)30)13-15-31-25-12-6-10-23-27(25)21-8-3-4-9-22(21)28-23/h2-12,20,28H,13-18H2,1H3. The van der Waals surface area contributed by atoms with E-state index in [0.29, 0.717) is 32.7 Å². The van der Waals surface area contributed by atoms with E-state index in [4.69, 9.17) is 14.2 Å².